The number of amides is 3. The number of fused-ring (bicyclic) bond motifs is 1. The molecule has 2 N–H and O–H groups in total. The molecule has 2 aliphatic rings. The maximum atomic E-state index is 12.3. The molecule has 0 unspecified atom stereocenters. The monoisotopic (exact) mass is 345 g/mol. The minimum absolute atomic E-state index is 0.150. The predicted octanol–water partition coefficient (Wildman–Crippen LogP) is 2.18. The highest BCUT2D eigenvalue weighted by Gasteiger charge is 2.22. The van der Waals surface area contributed by atoms with Crippen LogP contribution in [0.2, 0.25) is 0 Å². The van der Waals surface area contributed by atoms with Crippen molar-refractivity contribution in [2.24, 2.45) is 0 Å². The Morgan fingerprint density at radius 3 is 2.52 bits per heavy atom. The third kappa shape index (κ3) is 5.19. The summed E-state index contributed by atoms with van der Waals surface area (Å²) in [5.41, 5.74) is 2.47. The SMILES string of the molecule is O=C(NCCCC(=O)N1Cc2ccccc2C1)NCC[C@H]1CCCO1. The van der Waals surface area contributed by atoms with Crippen LogP contribution < -0.4 is 10.6 Å². The normalized spacial score (nSPS) is 18.9. The van der Waals surface area contributed by atoms with Crippen molar-refractivity contribution in [1.82, 2.24) is 15.5 Å². The van der Waals surface area contributed by atoms with Crippen LogP contribution in [-0.4, -0.2) is 42.6 Å². The van der Waals surface area contributed by atoms with Crippen molar-refractivity contribution < 1.29 is 14.3 Å². The zero-order valence-corrected chi connectivity index (χ0v) is 14.6. The van der Waals surface area contributed by atoms with Crippen LogP contribution in [0.4, 0.5) is 4.79 Å². The molecule has 1 atom stereocenters. The van der Waals surface area contributed by atoms with Gasteiger partial charge in [-0.1, -0.05) is 24.3 Å². The van der Waals surface area contributed by atoms with Crippen molar-refractivity contribution in [2.45, 2.75) is 51.3 Å². The van der Waals surface area contributed by atoms with E-state index in [4.69, 9.17) is 4.74 Å². The molecule has 1 fully saturated rings. The van der Waals surface area contributed by atoms with Crippen LogP contribution in [0.25, 0.3) is 0 Å². The largest absolute Gasteiger partial charge is 0.378 e. The lowest BCUT2D eigenvalue weighted by molar-refractivity contribution is -0.131. The Morgan fingerprint density at radius 2 is 1.84 bits per heavy atom. The molecule has 0 bridgehead atoms. The summed E-state index contributed by atoms with van der Waals surface area (Å²) in [5.74, 6) is 0.150. The fourth-order valence-electron chi connectivity index (χ4n) is 3.39. The molecule has 6 nitrogen and oxygen atoms in total. The van der Waals surface area contributed by atoms with Gasteiger partial charge in [0, 0.05) is 39.2 Å². The van der Waals surface area contributed by atoms with Gasteiger partial charge in [0.05, 0.1) is 6.10 Å². The van der Waals surface area contributed by atoms with E-state index in [2.05, 4.69) is 22.8 Å². The minimum Gasteiger partial charge on any atom is -0.378 e. The van der Waals surface area contributed by atoms with Crippen molar-refractivity contribution in [1.29, 1.82) is 0 Å². The van der Waals surface area contributed by atoms with Gasteiger partial charge in [0.1, 0.15) is 0 Å². The molecule has 0 spiro atoms. The summed E-state index contributed by atoms with van der Waals surface area (Å²) in [6.07, 6.45) is 4.48. The highest BCUT2D eigenvalue weighted by Crippen LogP contribution is 2.22. The summed E-state index contributed by atoms with van der Waals surface area (Å²) in [6.45, 7) is 3.38. The maximum absolute atomic E-state index is 12.3. The number of carbonyl (C=O) groups is 2. The van der Waals surface area contributed by atoms with E-state index in [9.17, 15) is 9.59 Å². The second-order valence-electron chi connectivity index (χ2n) is 6.73. The molecule has 0 aliphatic carbocycles. The molecule has 136 valence electrons. The molecular formula is C19H27N3O3. The van der Waals surface area contributed by atoms with Crippen LogP contribution >= 0.6 is 0 Å². The molecule has 1 aromatic carbocycles. The van der Waals surface area contributed by atoms with E-state index in [-0.39, 0.29) is 11.9 Å². The number of hydrogen-bond donors (Lipinski definition) is 2. The molecular weight excluding hydrogens is 318 g/mol. The fraction of sp³-hybridized carbons (Fsp3) is 0.579. The predicted molar refractivity (Wildman–Crippen MR) is 94.9 cm³/mol. The Bertz CT molecular complexity index is 574. The minimum atomic E-state index is -0.168. The van der Waals surface area contributed by atoms with Gasteiger partial charge in [-0.25, -0.2) is 4.79 Å². The zero-order valence-electron chi connectivity index (χ0n) is 14.6. The van der Waals surface area contributed by atoms with Gasteiger partial charge in [0.2, 0.25) is 5.91 Å². The van der Waals surface area contributed by atoms with Crippen LogP contribution in [0.5, 0.6) is 0 Å². The highest BCUT2D eigenvalue weighted by atomic mass is 16.5. The molecule has 2 heterocycles. The molecule has 1 aromatic rings. The number of carbonyl (C=O) groups excluding carboxylic acids is 2. The molecule has 0 radical (unpaired) electrons. The smallest absolute Gasteiger partial charge is 0.314 e. The molecule has 1 saturated heterocycles. The molecule has 0 saturated carbocycles. The van der Waals surface area contributed by atoms with Gasteiger partial charge in [-0.15, -0.1) is 0 Å². The summed E-state index contributed by atoms with van der Waals surface area (Å²) < 4.78 is 5.52. The quantitative estimate of drug-likeness (QED) is 0.744. The van der Waals surface area contributed by atoms with E-state index >= 15 is 0 Å². The lowest BCUT2D eigenvalue weighted by atomic mass is 10.1. The van der Waals surface area contributed by atoms with Crippen molar-refractivity contribution >= 4 is 11.9 Å². The van der Waals surface area contributed by atoms with E-state index < -0.39 is 0 Å². The number of ether oxygens (including phenoxy) is 1. The lowest BCUT2D eigenvalue weighted by Crippen LogP contribution is -2.37. The summed E-state index contributed by atoms with van der Waals surface area (Å²) >= 11 is 0. The van der Waals surface area contributed by atoms with Crippen LogP contribution in [0, 0.1) is 0 Å². The number of hydrogen-bond acceptors (Lipinski definition) is 3. The molecule has 2 aliphatic heterocycles. The van der Waals surface area contributed by atoms with E-state index in [1.54, 1.807) is 0 Å². The summed E-state index contributed by atoms with van der Waals surface area (Å²) in [7, 11) is 0. The van der Waals surface area contributed by atoms with Crippen molar-refractivity contribution in [3.05, 3.63) is 35.4 Å². The Hall–Kier alpha value is -2.08. The van der Waals surface area contributed by atoms with E-state index in [1.807, 2.05) is 17.0 Å². The van der Waals surface area contributed by atoms with Gasteiger partial charge < -0.3 is 20.3 Å². The number of rotatable bonds is 7. The van der Waals surface area contributed by atoms with Crippen molar-refractivity contribution in [3.8, 4) is 0 Å². The number of benzene rings is 1. The van der Waals surface area contributed by atoms with Crippen molar-refractivity contribution in [2.75, 3.05) is 19.7 Å². The van der Waals surface area contributed by atoms with Gasteiger partial charge in [0.25, 0.3) is 0 Å². The Balaban J connectivity index is 1.24. The van der Waals surface area contributed by atoms with Gasteiger partial charge in [0.15, 0.2) is 0 Å². The van der Waals surface area contributed by atoms with Crippen molar-refractivity contribution in [3.63, 3.8) is 0 Å². The summed E-state index contributed by atoms with van der Waals surface area (Å²) in [4.78, 5) is 25.9. The van der Waals surface area contributed by atoms with E-state index in [0.717, 1.165) is 25.9 Å². The third-order valence-corrected chi connectivity index (χ3v) is 4.82. The maximum Gasteiger partial charge on any atom is 0.314 e. The van der Waals surface area contributed by atoms with Crippen LogP contribution in [0.15, 0.2) is 24.3 Å². The lowest BCUT2D eigenvalue weighted by Gasteiger charge is -2.15. The topological polar surface area (TPSA) is 70.7 Å². The molecule has 6 heteroatoms. The van der Waals surface area contributed by atoms with Gasteiger partial charge in [-0.3, -0.25) is 4.79 Å². The summed E-state index contributed by atoms with van der Waals surface area (Å²) in [6, 6.07) is 8.00. The number of nitrogens with zero attached hydrogens (tertiary/aromatic N) is 1. The first-order chi connectivity index (χ1) is 12.2. The second-order valence-corrected chi connectivity index (χ2v) is 6.73. The second kappa shape index (κ2) is 8.85. The fourth-order valence-corrected chi connectivity index (χ4v) is 3.39. The first-order valence-corrected chi connectivity index (χ1v) is 9.20. The number of urea groups is 1. The molecule has 3 rings (SSSR count). The Kier molecular flexibility index (Phi) is 6.28. The van der Waals surface area contributed by atoms with Gasteiger partial charge in [-0.05, 0) is 36.8 Å². The molecule has 0 aromatic heterocycles. The first kappa shape index (κ1) is 17.7. The molecule has 3 amide bonds. The van der Waals surface area contributed by atoms with E-state index in [0.29, 0.717) is 45.1 Å². The summed E-state index contributed by atoms with van der Waals surface area (Å²) in [5, 5.41) is 5.65. The average molecular weight is 345 g/mol. The Morgan fingerprint density at radius 1 is 1.12 bits per heavy atom. The molecule has 25 heavy (non-hydrogen) atoms. The highest BCUT2D eigenvalue weighted by molar-refractivity contribution is 5.77. The zero-order chi connectivity index (χ0) is 17.5. The average Bonchev–Trinajstić information content (AvgIpc) is 3.27. The first-order valence-electron chi connectivity index (χ1n) is 9.20. The third-order valence-electron chi connectivity index (χ3n) is 4.82. The van der Waals surface area contributed by atoms with E-state index in [1.165, 1.54) is 11.1 Å². The Labute approximate surface area is 148 Å². The van der Waals surface area contributed by atoms with Gasteiger partial charge >= 0.3 is 6.03 Å². The van der Waals surface area contributed by atoms with Crippen LogP contribution in [-0.2, 0) is 22.6 Å². The van der Waals surface area contributed by atoms with Gasteiger partial charge in [-0.2, -0.15) is 0 Å². The van der Waals surface area contributed by atoms with Crippen LogP contribution in [0.3, 0.4) is 0 Å². The van der Waals surface area contributed by atoms with Crippen LogP contribution in [0.1, 0.15) is 43.2 Å². The standard InChI is InChI=1S/C19H27N3O3/c23-18(22-13-15-5-1-2-6-16(15)14-22)8-3-10-20-19(24)21-11-9-17-7-4-12-25-17/h1-2,5-6,17H,3-4,7-14H2,(H2,20,21,24)/t17-/m1/s1. The number of nitrogens with one attached hydrogen (secondary N) is 2.